The van der Waals surface area contributed by atoms with Gasteiger partial charge < -0.3 is 9.88 Å². The molecule has 0 saturated heterocycles. The van der Waals surface area contributed by atoms with Crippen LogP contribution >= 0.6 is 0 Å². The molecule has 0 amide bonds. The predicted octanol–water partition coefficient (Wildman–Crippen LogP) is 2.51. The van der Waals surface area contributed by atoms with E-state index in [1.807, 2.05) is 17.9 Å². The molecule has 90 valence electrons. The van der Waals surface area contributed by atoms with E-state index < -0.39 is 0 Å². The Hall–Kier alpha value is -0.830. The molecule has 0 radical (unpaired) electrons. The highest BCUT2D eigenvalue weighted by Gasteiger charge is 2.27. The first kappa shape index (κ1) is 11.6. The molecule has 1 N–H and O–H groups in total. The first-order valence-corrected chi connectivity index (χ1v) is 6.36. The second-order valence-corrected chi connectivity index (χ2v) is 5.25. The van der Waals surface area contributed by atoms with Crippen molar-refractivity contribution in [2.45, 2.75) is 38.6 Å². The van der Waals surface area contributed by atoms with Gasteiger partial charge in [-0.2, -0.15) is 0 Å². The van der Waals surface area contributed by atoms with Crippen molar-refractivity contribution < 1.29 is 0 Å². The van der Waals surface area contributed by atoms with Crippen molar-refractivity contribution in [3.63, 3.8) is 0 Å². The minimum Gasteiger partial charge on any atom is -0.340 e. The summed E-state index contributed by atoms with van der Waals surface area (Å²) in [6.07, 6.45) is 9.45. The summed E-state index contributed by atoms with van der Waals surface area (Å²) in [5.41, 5.74) is 1.20. The van der Waals surface area contributed by atoms with Crippen LogP contribution in [0.15, 0.2) is 12.5 Å². The molecule has 3 nitrogen and oxygen atoms in total. The number of aromatic nitrogens is 2. The predicted molar refractivity (Wildman–Crippen MR) is 66.1 cm³/mol. The Kier molecular flexibility index (Phi) is 3.64. The van der Waals surface area contributed by atoms with Gasteiger partial charge in [0.15, 0.2) is 0 Å². The fraction of sp³-hybridized carbons (Fsp3) is 0.769. The molecular formula is C13H23N3. The van der Waals surface area contributed by atoms with Crippen molar-refractivity contribution >= 4 is 0 Å². The maximum atomic E-state index is 4.48. The summed E-state index contributed by atoms with van der Waals surface area (Å²) in [6, 6.07) is 0.439. The summed E-state index contributed by atoms with van der Waals surface area (Å²) >= 11 is 0. The van der Waals surface area contributed by atoms with Crippen molar-refractivity contribution in [1.82, 2.24) is 14.9 Å². The van der Waals surface area contributed by atoms with Gasteiger partial charge in [0.25, 0.3) is 0 Å². The van der Waals surface area contributed by atoms with Crippen LogP contribution in [0.3, 0.4) is 0 Å². The molecule has 1 unspecified atom stereocenters. The van der Waals surface area contributed by atoms with E-state index in [9.17, 15) is 0 Å². The Balaban J connectivity index is 2.05. The minimum absolute atomic E-state index is 0.439. The zero-order valence-corrected chi connectivity index (χ0v) is 10.6. The summed E-state index contributed by atoms with van der Waals surface area (Å²) in [5, 5.41) is 3.44. The van der Waals surface area contributed by atoms with Crippen LogP contribution in [0.4, 0.5) is 0 Å². The number of rotatable bonds is 3. The first-order valence-electron chi connectivity index (χ1n) is 6.36. The average Bonchev–Trinajstić information content (AvgIpc) is 2.69. The monoisotopic (exact) mass is 221 g/mol. The van der Waals surface area contributed by atoms with E-state index in [1.54, 1.807) is 0 Å². The van der Waals surface area contributed by atoms with Crippen LogP contribution in [0.5, 0.6) is 0 Å². The lowest BCUT2D eigenvalue weighted by molar-refractivity contribution is 0.235. The number of nitrogens with one attached hydrogen (secondary N) is 1. The Morgan fingerprint density at radius 3 is 2.56 bits per heavy atom. The summed E-state index contributed by atoms with van der Waals surface area (Å²) in [5.74, 6) is 1.67. The largest absolute Gasteiger partial charge is 0.340 e. The third-order valence-corrected chi connectivity index (χ3v) is 3.89. The third kappa shape index (κ3) is 2.46. The van der Waals surface area contributed by atoms with Gasteiger partial charge in [0.05, 0.1) is 18.1 Å². The van der Waals surface area contributed by atoms with Crippen molar-refractivity contribution in [2.24, 2.45) is 18.9 Å². The molecule has 0 aliphatic heterocycles. The second-order valence-electron chi connectivity index (χ2n) is 5.25. The normalized spacial score (nSPS) is 27.9. The van der Waals surface area contributed by atoms with Gasteiger partial charge in [-0.3, -0.25) is 0 Å². The Morgan fingerprint density at radius 2 is 2.06 bits per heavy atom. The third-order valence-electron chi connectivity index (χ3n) is 3.89. The summed E-state index contributed by atoms with van der Waals surface area (Å²) in [6.45, 7) is 2.37. The van der Waals surface area contributed by atoms with E-state index in [0.717, 1.165) is 11.8 Å². The molecule has 1 aromatic rings. The molecule has 1 atom stereocenters. The van der Waals surface area contributed by atoms with Crippen molar-refractivity contribution in [3.8, 4) is 0 Å². The lowest BCUT2D eigenvalue weighted by Crippen LogP contribution is -2.28. The lowest BCUT2D eigenvalue weighted by atomic mass is 9.78. The fourth-order valence-electron chi connectivity index (χ4n) is 2.84. The molecule has 1 aliphatic rings. The van der Waals surface area contributed by atoms with Crippen LogP contribution in [-0.2, 0) is 7.05 Å². The summed E-state index contributed by atoms with van der Waals surface area (Å²) in [7, 11) is 4.09. The molecule has 3 heteroatoms. The van der Waals surface area contributed by atoms with Gasteiger partial charge in [-0.05, 0) is 31.7 Å². The van der Waals surface area contributed by atoms with Crippen LogP contribution < -0.4 is 5.32 Å². The van der Waals surface area contributed by atoms with Gasteiger partial charge in [-0.15, -0.1) is 0 Å². The molecule has 0 bridgehead atoms. The molecule has 1 fully saturated rings. The molecular weight excluding hydrogens is 198 g/mol. The van der Waals surface area contributed by atoms with Gasteiger partial charge in [0.2, 0.25) is 0 Å². The topological polar surface area (TPSA) is 29.9 Å². The maximum absolute atomic E-state index is 4.48. The highest BCUT2D eigenvalue weighted by atomic mass is 15.0. The van der Waals surface area contributed by atoms with E-state index in [0.29, 0.717) is 6.04 Å². The average molecular weight is 221 g/mol. The first-order chi connectivity index (χ1) is 7.70. The van der Waals surface area contributed by atoms with Crippen molar-refractivity contribution in [2.75, 3.05) is 7.05 Å². The second kappa shape index (κ2) is 5.00. The zero-order chi connectivity index (χ0) is 11.5. The molecule has 1 heterocycles. The summed E-state index contributed by atoms with van der Waals surface area (Å²) < 4.78 is 2.03. The Morgan fingerprint density at radius 1 is 1.38 bits per heavy atom. The standard InChI is InChI=1S/C13H23N3/c1-10-4-6-11(7-5-10)13(14-2)12-8-16(3)9-15-12/h8-11,13-14H,4-7H2,1-3H3. The molecule has 2 rings (SSSR count). The van der Waals surface area contributed by atoms with Gasteiger partial charge in [0.1, 0.15) is 0 Å². The van der Waals surface area contributed by atoms with E-state index in [2.05, 4.69) is 30.5 Å². The molecule has 1 aliphatic carbocycles. The maximum Gasteiger partial charge on any atom is 0.0947 e. The van der Waals surface area contributed by atoms with Crippen LogP contribution in [0, 0.1) is 11.8 Å². The number of nitrogens with zero attached hydrogens (tertiary/aromatic N) is 2. The van der Waals surface area contributed by atoms with Crippen LogP contribution in [0.2, 0.25) is 0 Å². The van der Waals surface area contributed by atoms with Crippen molar-refractivity contribution in [1.29, 1.82) is 0 Å². The number of hydrogen-bond donors (Lipinski definition) is 1. The van der Waals surface area contributed by atoms with Gasteiger partial charge >= 0.3 is 0 Å². The highest BCUT2D eigenvalue weighted by Crippen LogP contribution is 2.35. The Bertz CT molecular complexity index is 324. The van der Waals surface area contributed by atoms with Gasteiger partial charge in [-0.25, -0.2) is 4.98 Å². The lowest BCUT2D eigenvalue weighted by Gasteiger charge is -2.31. The number of aryl methyl sites for hydroxylation is 1. The van der Waals surface area contributed by atoms with Gasteiger partial charge in [0, 0.05) is 13.2 Å². The highest BCUT2D eigenvalue weighted by molar-refractivity contribution is 5.05. The van der Waals surface area contributed by atoms with Crippen molar-refractivity contribution in [3.05, 3.63) is 18.2 Å². The van der Waals surface area contributed by atoms with E-state index >= 15 is 0 Å². The van der Waals surface area contributed by atoms with Crippen LogP contribution in [0.1, 0.15) is 44.3 Å². The molecule has 0 spiro atoms. The summed E-state index contributed by atoms with van der Waals surface area (Å²) in [4.78, 5) is 4.48. The minimum atomic E-state index is 0.439. The number of hydrogen-bond acceptors (Lipinski definition) is 2. The van der Waals surface area contributed by atoms with Gasteiger partial charge in [-0.1, -0.05) is 19.8 Å². The quantitative estimate of drug-likeness (QED) is 0.850. The molecule has 1 saturated carbocycles. The van der Waals surface area contributed by atoms with E-state index in [1.165, 1.54) is 31.4 Å². The Labute approximate surface area is 98.3 Å². The van der Waals surface area contributed by atoms with Crippen LogP contribution in [0.25, 0.3) is 0 Å². The molecule has 0 aromatic carbocycles. The van der Waals surface area contributed by atoms with Crippen LogP contribution in [-0.4, -0.2) is 16.6 Å². The van der Waals surface area contributed by atoms with E-state index in [-0.39, 0.29) is 0 Å². The SMILES string of the molecule is CNC(c1cn(C)cn1)C1CCC(C)CC1. The number of imidazole rings is 1. The van der Waals surface area contributed by atoms with E-state index in [4.69, 9.17) is 0 Å². The zero-order valence-electron chi connectivity index (χ0n) is 10.6. The smallest absolute Gasteiger partial charge is 0.0947 e. The molecule has 16 heavy (non-hydrogen) atoms. The fourth-order valence-corrected chi connectivity index (χ4v) is 2.84. The molecule has 1 aromatic heterocycles.